The van der Waals surface area contributed by atoms with Gasteiger partial charge < -0.3 is 14.6 Å². The quantitative estimate of drug-likeness (QED) is 0.865. The number of hydrogen-bond donors (Lipinski definition) is 1. The molecular formula is C16H14O4. The van der Waals surface area contributed by atoms with Crippen molar-refractivity contribution in [2.75, 3.05) is 0 Å². The summed E-state index contributed by atoms with van der Waals surface area (Å²) >= 11 is 0. The van der Waals surface area contributed by atoms with Gasteiger partial charge in [0.25, 0.3) is 0 Å². The van der Waals surface area contributed by atoms with Gasteiger partial charge in [-0.3, -0.25) is 0 Å². The lowest BCUT2D eigenvalue weighted by Gasteiger charge is -2.24. The number of aliphatic carboxylic acids is 1. The van der Waals surface area contributed by atoms with E-state index in [-0.39, 0.29) is 0 Å². The zero-order valence-corrected chi connectivity index (χ0v) is 11.0. The number of carbonyl (C=O) groups is 1. The van der Waals surface area contributed by atoms with Gasteiger partial charge in [-0.15, -0.1) is 0 Å². The molecule has 1 atom stereocenters. The normalized spacial score (nSPS) is 16.8. The first-order valence-electron chi connectivity index (χ1n) is 6.37. The Morgan fingerprint density at radius 1 is 1.10 bits per heavy atom. The Labute approximate surface area is 116 Å². The van der Waals surface area contributed by atoms with Gasteiger partial charge in [-0.1, -0.05) is 36.4 Å². The molecule has 4 nitrogen and oxygen atoms in total. The molecule has 0 amide bonds. The Balaban J connectivity index is 2.14. The fraction of sp³-hybridized carbons (Fsp3) is 0.188. The minimum Gasteiger partial charge on any atom is -0.476 e. The number of carboxylic acid groups (broad SMARTS) is 1. The lowest BCUT2D eigenvalue weighted by atomic mass is 10.0. The summed E-state index contributed by atoms with van der Waals surface area (Å²) in [4.78, 5) is 11.3. The van der Waals surface area contributed by atoms with E-state index in [9.17, 15) is 9.90 Å². The second-order valence-electron chi connectivity index (χ2n) is 4.75. The average molecular weight is 270 g/mol. The van der Waals surface area contributed by atoms with Crippen molar-refractivity contribution in [2.45, 2.75) is 19.6 Å². The SMILES string of the molecule is Cc1cccc2c1OC(C(=O)O)Oc1ccccc1C2. The van der Waals surface area contributed by atoms with E-state index in [2.05, 4.69) is 0 Å². The van der Waals surface area contributed by atoms with Crippen LogP contribution in [0.25, 0.3) is 0 Å². The first kappa shape index (κ1) is 12.5. The number of para-hydroxylation sites is 2. The van der Waals surface area contributed by atoms with Gasteiger partial charge in [0.15, 0.2) is 0 Å². The minimum absolute atomic E-state index is 0.548. The Morgan fingerprint density at radius 3 is 2.65 bits per heavy atom. The molecule has 0 saturated carbocycles. The third-order valence-corrected chi connectivity index (χ3v) is 3.31. The molecule has 0 fully saturated rings. The van der Waals surface area contributed by atoms with Gasteiger partial charge in [0.2, 0.25) is 0 Å². The summed E-state index contributed by atoms with van der Waals surface area (Å²) in [6.07, 6.45) is -0.684. The minimum atomic E-state index is -1.34. The van der Waals surface area contributed by atoms with Crippen molar-refractivity contribution in [3.8, 4) is 11.5 Å². The molecule has 1 heterocycles. The lowest BCUT2D eigenvalue weighted by molar-refractivity contribution is -0.158. The van der Waals surface area contributed by atoms with Gasteiger partial charge in [0, 0.05) is 6.42 Å². The number of benzene rings is 2. The molecular weight excluding hydrogens is 256 g/mol. The van der Waals surface area contributed by atoms with Crippen LogP contribution in [-0.4, -0.2) is 17.4 Å². The number of fused-ring (bicyclic) bond motifs is 2. The van der Waals surface area contributed by atoms with Crippen LogP contribution in [-0.2, 0) is 11.2 Å². The average Bonchev–Trinajstić information content (AvgIpc) is 2.40. The molecule has 20 heavy (non-hydrogen) atoms. The van der Waals surface area contributed by atoms with E-state index in [4.69, 9.17) is 9.47 Å². The van der Waals surface area contributed by atoms with Gasteiger partial charge in [0.05, 0.1) is 0 Å². The summed E-state index contributed by atoms with van der Waals surface area (Å²) in [6, 6.07) is 13.2. The maximum atomic E-state index is 11.3. The first-order chi connectivity index (χ1) is 9.65. The van der Waals surface area contributed by atoms with E-state index in [1.165, 1.54) is 0 Å². The van der Waals surface area contributed by atoms with E-state index >= 15 is 0 Å². The van der Waals surface area contributed by atoms with E-state index in [1.54, 1.807) is 6.07 Å². The lowest BCUT2D eigenvalue weighted by Crippen LogP contribution is -2.34. The van der Waals surface area contributed by atoms with Crippen molar-refractivity contribution in [3.63, 3.8) is 0 Å². The van der Waals surface area contributed by atoms with Crippen LogP contribution in [0, 0.1) is 6.92 Å². The summed E-state index contributed by atoms with van der Waals surface area (Å²) < 4.78 is 11.1. The van der Waals surface area contributed by atoms with Crippen LogP contribution >= 0.6 is 0 Å². The van der Waals surface area contributed by atoms with Gasteiger partial charge in [-0.25, -0.2) is 4.79 Å². The second-order valence-corrected chi connectivity index (χ2v) is 4.75. The predicted octanol–water partition coefficient (Wildman–Crippen LogP) is 2.77. The standard InChI is InChI=1S/C16H14O4/c1-10-5-4-7-12-9-11-6-2-3-8-13(11)19-16(15(17)18)20-14(10)12/h2-8,16H,9H2,1H3,(H,17,18). The fourth-order valence-electron chi connectivity index (χ4n) is 2.34. The molecule has 0 aromatic heterocycles. The zero-order valence-electron chi connectivity index (χ0n) is 11.0. The maximum absolute atomic E-state index is 11.3. The molecule has 2 aromatic carbocycles. The van der Waals surface area contributed by atoms with Crippen molar-refractivity contribution in [2.24, 2.45) is 0 Å². The summed E-state index contributed by atoms with van der Waals surface area (Å²) in [5.74, 6) is -0.00244. The highest BCUT2D eigenvalue weighted by Gasteiger charge is 2.27. The molecule has 1 N–H and O–H groups in total. The molecule has 1 aliphatic heterocycles. The number of rotatable bonds is 1. The van der Waals surface area contributed by atoms with Gasteiger partial charge in [0.1, 0.15) is 11.5 Å². The van der Waals surface area contributed by atoms with E-state index < -0.39 is 12.3 Å². The van der Waals surface area contributed by atoms with Crippen LogP contribution in [0.4, 0.5) is 0 Å². The van der Waals surface area contributed by atoms with Crippen LogP contribution in [0.2, 0.25) is 0 Å². The first-order valence-corrected chi connectivity index (χ1v) is 6.37. The summed E-state index contributed by atoms with van der Waals surface area (Å²) in [5, 5.41) is 9.25. The van der Waals surface area contributed by atoms with Crippen LogP contribution in [0.1, 0.15) is 16.7 Å². The smallest absolute Gasteiger partial charge is 0.387 e. The highest BCUT2D eigenvalue weighted by Crippen LogP contribution is 2.32. The van der Waals surface area contributed by atoms with Gasteiger partial charge >= 0.3 is 12.3 Å². The molecule has 1 aliphatic rings. The van der Waals surface area contributed by atoms with E-state index in [0.717, 1.165) is 16.7 Å². The molecule has 0 spiro atoms. The molecule has 4 heteroatoms. The van der Waals surface area contributed by atoms with E-state index in [1.807, 2.05) is 43.3 Å². The molecule has 3 rings (SSSR count). The van der Waals surface area contributed by atoms with Gasteiger partial charge in [-0.2, -0.15) is 0 Å². The van der Waals surface area contributed by atoms with Crippen LogP contribution in [0.3, 0.4) is 0 Å². The Hall–Kier alpha value is -2.49. The fourth-order valence-corrected chi connectivity index (χ4v) is 2.34. The van der Waals surface area contributed by atoms with Crippen LogP contribution in [0.15, 0.2) is 42.5 Å². The molecule has 0 bridgehead atoms. The predicted molar refractivity (Wildman–Crippen MR) is 73.1 cm³/mol. The van der Waals surface area contributed by atoms with Crippen molar-refractivity contribution >= 4 is 5.97 Å². The number of carboxylic acids is 1. The topological polar surface area (TPSA) is 55.8 Å². The second kappa shape index (κ2) is 4.89. The number of hydrogen-bond acceptors (Lipinski definition) is 3. The monoisotopic (exact) mass is 270 g/mol. The molecule has 102 valence electrons. The summed E-state index contributed by atoms with van der Waals surface area (Å²) in [6.45, 7) is 1.89. The van der Waals surface area contributed by atoms with Crippen molar-refractivity contribution in [1.29, 1.82) is 0 Å². The third-order valence-electron chi connectivity index (χ3n) is 3.31. The maximum Gasteiger partial charge on any atom is 0.387 e. The molecule has 0 saturated heterocycles. The van der Waals surface area contributed by atoms with E-state index in [0.29, 0.717) is 17.9 Å². The van der Waals surface area contributed by atoms with Crippen LogP contribution < -0.4 is 9.47 Å². The molecule has 1 unspecified atom stereocenters. The molecule has 2 aromatic rings. The summed E-state index contributed by atoms with van der Waals surface area (Å²) in [7, 11) is 0. The van der Waals surface area contributed by atoms with Crippen molar-refractivity contribution < 1.29 is 19.4 Å². The highest BCUT2D eigenvalue weighted by molar-refractivity contribution is 5.72. The Morgan fingerprint density at radius 2 is 1.85 bits per heavy atom. The number of ether oxygens (including phenoxy) is 2. The number of aryl methyl sites for hydroxylation is 1. The molecule has 0 radical (unpaired) electrons. The summed E-state index contributed by atoms with van der Waals surface area (Å²) in [5.41, 5.74) is 2.82. The van der Waals surface area contributed by atoms with Gasteiger partial charge in [-0.05, 0) is 29.7 Å². The third kappa shape index (κ3) is 2.20. The largest absolute Gasteiger partial charge is 0.476 e. The highest BCUT2D eigenvalue weighted by atomic mass is 16.7. The van der Waals surface area contributed by atoms with Crippen molar-refractivity contribution in [3.05, 3.63) is 59.2 Å². The van der Waals surface area contributed by atoms with Crippen molar-refractivity contribution in [1.82, 2.24) is 0 Å². The molecule has 0 aliphatic carbocycles. The zero-order chi connectivity index (χ0) is 14.1. The Bertz CT molecular complexity index is 663. The van der Waals surface area contributed by atoms with Crippen LogP contribution in [0.5, 0.6) is 11.5 Å². The Kier molecular flexibility index (Phi) is 3.06.